The quantitative estimate of drug-likeness (QED) is 0.171. The standard InChI is InChI=1S/C54H34N2O/c1-2-14-38(15-3-1)50-34-51(56-54(55-50)39-26-24-37(25-27-39)46-21-10-16-35-12-4-6-18-44(35)46)43-31-41(30-42(32-43)47-22-11-17-36-13-5-7-19-45(36)47)40-28-29-53-49(33-40)48-20-8-9-23-52(48)57-53/h1-34H. The summed E-state index contributed by atoms with van der Waals surface area (Å²) in [5.41, 5.74) is 13.4. The first-order valence-electron chi connectivity index (χ1n) is 19.3. The molecule has 0 aliphatic heterocycles. The van der Waals surface area contributed by atoms with Crippen LogP contribution < -0.4 is 0 Å². The minimum atomic E-state index is 0.680. The molecule has 0 saturated carbocycles. The minimum absolute atomic E-state index is 0.680. The highest BCUT2D eigenvalue weighted by molar-refractivity contribution is 6.07. The topological polar surface area (TPSA) is 38.9 Å². The second-order valence-electron chi connectivity index (χ2n) is 14.6. The molecule has 2 aromatic heterocycles. The van der Waals surface area contributed by atoms with E-state index >= 15 is 0 Å². The third kappa shape index (κ3) is 5.94. The van der Waals surface area contributed by atoms with E-state index in [-0.39, 0.29) is 0 Å². The molecule has 0 atom stereocenters. The summed E-state index contributed by atoms with van der Waals surface area (Å²) in [6, 6.07) is 72.9. The number of benzene rings is 9. The van der Waals surface area contributed by atoms with E-state index in [2.05, 4.69) is 188 Å². The second-order valence-corrected chi connectivity index (χ2v) is 14.6. The van der Waals surface area contributed by atoms with Crippen LogP contribution in [-0.2, 0) is 0 Å². The number of rotatable bonds is 6. The van der Waals surface area contributed by atoms with Gasteiger partial charge in [-0.3, -0.25) is 0 Å². The van der Waals surface area contributed by atoms with Crippen molar-refractivity contribution in [2.45, 2.75) is 0 Å². The van der Waals surface area contributed by atoms with E-state index in [4.69, 9.17) is 14.4 Å². The fourth-order valence-corrected chi connectivity index (χ4v) is 8.24. The van der Waals surface area contributed by atoms with Gasteiger partial charge in [0, 0.05) is 27.5 Å². The van der Waals surface area contributed by atoms with Gasteiger partial charge in [-0.05, 0) is 97.4 Å². The molecule has 0 aliphatic rings. The summed E-state index contributed by atoms with van der Waals surface area (Å²) >= 11 is 0. The molecule has 0 aliphatic carbocycles. The number of nitrogens with zero attached hydrogens (tertiary/aromatic N) is 2. The lowest BCUT2D eigenvalue weighted by atomic mass is 9.91. The Labute approximate surface area is 330 Å². The molecule has 266 valence electrons. The van der Waals surface area contributed by atoms with Crippen molar-refractivity contribution in [1.29, 1.82) is 0 Å². The number of furan rings is 1. The third-order valence-electron chi connectivity index (χ3n) is 11.1. The molecule has 0 unspecified atom stereocenters. The average molecular weight is 727 g/mol. The summed E-state index contributed by atoms with van der Waals surface area (Å²) in [4.78, 5) is 10.5. The number of para-hydroxylation sites is 1. The zero-order valence-electron chi connectivity index (χ0n) is 30.9. The maximum absolute atomic E-state index is 6.22. The van der Waals surface area contributed by atoms with Gasteiger partial charge in [-0.2, -0.15) is 0 Å². The van der Waals surface area contributed by atoms with Crippen molar-refractivity contribution in [2.75, 3.05) is 0 Å². The van der Waals surface area contributed by atoms with E-state index < -0.39 is 0 Å². The van der Waals surface area contributed by atoms with Crippen LogP contribution in [0.2, 0.25) is 0 Å². The van der Waals surface area contributed by atoms with Gasteiger partial charge in [-0.25, -0.2) is 9.97 Å². The summed E-state index contributed by atoms with van der Waals surface area (Å²) < 4.78 is 6.22. The maximum Gasteiger partial charge on any atom is 0.160 e. The first kappa shape index (κ1) is 32.8. The fraction of sp³-hybridized carbons (Fsp3) is 0. The molecule has 0 spiro atoms. The molecular weight excluding hydrogens is 693 g/mol. The lowest BCUT2D eigenvalue weighted by Crippen LogP contribution is -1.97. The maximum atomic E-state index is 6.22. The highest BCUT2D eigenvalue weighted by atomic mass is 16.3. The van der Waals surface area contributed by atoms with Crippen LogP contribution in [0, 0.1) is 0 Å². The summed E-state index contributed by atoms with van der Waals surface area (Å²) in [5.74, 6) is 0.680. The van der Waals surface area contributed by atoms with Crippen LogP contribution in [0.1, 0.15) is 0 Å². The monoisotopic (exact) mass is 726 g/mol. The Morgan fingerprint density at radius 1 is 0.281 bits per heavy atom. The Bertz CT molecular complexity index is 3280. The van der Waals surface area contributed by atoms with Crippen molar-refractivity contribution in [1.82, 2.24) is 9.97 Å². The van der Waals surface area contributed by atoms with E-state index in [1.54, 1.807) is 0 Å². The Balaban J connectivity index is 1.10. The molecule has 0 N–H and O–H groups in total. The van der Waals surface area contributed by atoms with Crippen molar-refractivity contribution in [3.8, 4) is 67.3 Å². The Kier molecular flexibility index (Phi) is 7.82. The molecule has 0 radical (unpaired) electrons. The van der Waals surface area contributed by atoms with Gasteiger partial charge in [0.2, 0.25) is 0 Å². The molecular formula is C54H34N2O. The van der Waals surface area contributed by atoms with Gasteiger partial charge in [0.15, 0.2) is 5.82 Å². The van der Waals surface area contributed by atoms with Crippen molar-refractivity contribution in [3.63, 3.8) is 0 Å². The minimum Gasteiger partial charge on any atom is -0.456 e. The van der Waals surface area contributed by atoms with E-state index in [1.807, 2.05) is 18.2 Å². The van der Waals surface area contributed by atoms with Crippen LogP contribution in [0.3, 0.4) is 0 Å². The third-order valence-corrected chi connectivity index (χ3v) is 11.1. The predicted octanol–water partition coefficient (Wildman–Crippen LogP) is 14.7. The lowest BCUT2D eigenvalue weighted by molar-refractivity contribution is 0.669. The van der Waals surface area contributed by atoms with Crippen LogP contribution in [0.5, 0.6) is 0 Å². The van der Waals surface area contributed by atoms with Crippen LogP contribution in [0.15, 0.2) is 211 Å². The molecule has 0 fully saturated rings. The SMILES string of the molecule is c1ccc(-c2cc(-c3cc(-c4ccc5oc6ccccc6c5c4)cc(-c4cccc5ccccc45)c3)nc(-c3ccc(-c4cccc5ccccc45)cc3)n2)cc1. The predicted molar refractivity (Wildman–Crippen MR) is 237 cm³/mol. The number of hydrogen-bond acceptors (Lipinski definition) is 3. The van der Waals surface area contributed by atoms with Gasteiger partial charge in [0.05, 0.1) is 11.4 Å². The van der Waals surface area contributed by atoms with E-state index in [0.717, 1.165) is 72.3 Å². The van der Waals surface area contributed by atoms with Crippen molar-refractivity contribution < 1.29 is 4.42 Å². The summed E-state index contributed by atoms with van der Waals surface area (Å²) in [6.45, 7) is 0. The molecule has 0 bridgehead atoms. The van der Waals surface area contributed by atoms with Gasteiger partial charge in [-0.1, -0.05) is 164 Å². The molecule has 0 amide bonds. The van der Waals surface area contributed by atoms with Crippen molar-refractivity contribution in [2.24, 2.45) is 0 Å². The smallest absolute Gasteiger partial charge is 0.160 e. The number of hydrogen-bond donors (Lipinski definition) is 0. The van der Waals surface area contributed by atoms with Crippen molar-refractivity contribution in [3.05, 3.63) is 206 Å². The van der Waals surface area contributed by atoms with E-state index in [1.165, 1.54) is 32.7 Å². The van der Waals surface area contributed by atoms with Crippen LogP contribution in [0.4, 0.5) is 0 Å². The zero-order valence-corrected chi connectivity index (χ0v) is 30.9. The van der Waals surface area contributed by atoms with Gasteiger partial charge >= 0.3 is 0 Å². The Morgan fingerprint density at radius 2 is 0.807 bits per heavy atom. The van der Waals surface area contributed by atoms with E-state index in [9.17, 15) is 0 Å². The van der Waals surface area contributed by atoms with Gasteiger partial charge in [-0.15, -0.1) is 0 Å². The van der Waals surface area contributed by atoms with Crippen molar-refractivity contribution >= 4 is 43.5 Å². The van der Waals surface area contributed by atoms with Crippen LogP contribution in [0.25, 0.3) is 111 Å². The fourth-order valence-electron chi connectivity index (χ4n) is 8.24. The first-order chi connectivity index (χ1) is 28.2. The summed E-state index contributed by atoms with van der Waals surface area (Å²) in [7, 11) is 0. The van der Waals surface area contributed by atoms with Gasteiger partial charge < -0.3 is 4.42 Å². The number of aromatic nitrogens is 2. The normalized spacial score (nSPS) is 11.5. The lowest BCUT2D eigenvalue weighted by Gasteiger charge is -2.14. The number of fused-ring (bicyclic) bond motifs is 5. The first-order valence-corrected chi connectivity index (χ1v) is 19.3. The molecule has 9 aromatic carbocycles. The second kappa shape index (κ2) is 13.6. The highest BCUT2D eigenvalue weighted by Crippen LogP contribution is 2.39. The van der Waals surface area contributed by atoms with Gasteiger partial charge in [0.25, 0.3) is 0 Å². The Hall–Kier alpha value is -7.62. The van der Waals surface area contributed by atoms with Gasteiger partial charge in [0.1, 0.15) is 11.2 Å². The van der Waals surface area contributed by atoms with E-state index in [0.29, 0.717) is 5.82 Å². The van der Waals surface area contributed by atoms with Crippen LogP contribution >= 0.6 is 0 Å². The average Bonchev–Trinajstić information content (AvgIpc) is 3.67. The molecule has 11 aromatic rings. The molecule has 57 heavy (non-hydrogen) atoms. The Morgan fingerprint density at radius 3 is 1.54 bits per heavy atom. The molecule has 0 saturated heterocycles. The largest absolute Gasteiger partial charge is 0.456 e. The van der Waals surface area contributed by atoms with Crippen LogP contribution in [-0.4, -0.2) is 9.97 Å². The highest BCUT2D eigenvalue weighted by Gasteiger charge is 2.16. The summed E-state index contributed by atoms with van der Waals surface area (Å²) in [5, 5.41) is 7.09. The molecule has 2 heterocycles. The molecule has 3 heteroatoms. The molecule has 11 rings (SSSR count). The molecule has 3 nitrogen and oxygen atoms in total. The summed E-state index contributed by atoms with van der Waals surface area (Å²) in [6.07, 6.45) is 0. The zero-order chi connectivity index (χ0) is 37.7.